The van der Waals surface area contributed by atoms with Crippen molar-refractivity contribution in [1.82, 2.24) is 10.2 Å². The molecule has 1 saturated heterocycles. The summed E-state index contributed by atoms with van der Waals surface area (Å²) >= 11 is 17.8. The first-order valence-electron chi connectivity index (χ1n) is 7.05. The summed E-state index contributed by atoms with van der Waals surface area (Å²) in [5.74, 6) is -0.0237. The van der Waals surface area contributed by atoms with E-state index < -0.39 is 0 Å². The molecule has 3 rings (SSSR count). The lowest BCUT2D eigenvalue weighted by molar-refractivity contribution is -0.135. The number of rotatable bonds is 2. The molecule has 2 fully saturated rings. The predicted octanol–water partition coefficient (Wildman–Crippen LogP) is 3.33. The molecule has 0 aromatic heterocycles. The minimum Gasteiger partial charge on any atom is -0.359 e. The van der Waals surface area contributed by atoms with Crippen LogP contribution < -0.4 is 5.32 Å². The second-order valence-corrected chi connectivity index (χ2v) is 7.00. The molecule has 21 heavy (non-hydrogen) atoms. The van der Waals surface area contributed by atoms with Crippen molar-refractivity contribution in [3.63, 3.8) is 0 Å². The molecule has 6 heteroatoms. The number of alkyl halides is 1. The number of amides is 1. The quantitative estimate of drug-likeness (QED) is 0.660. The maximum Gasteiger partial charge on any atom is 0.234 e. The average molecular weight is 343 g/mol. The second kappa shape index (κ2) is 6.11. The first-order chi connectivity index (χ1) is 10.1. The van der Waals surface area contributed by atoms with E-state index >= 15 is 0 Å². The first-order valence-corrected chi connectivity index (χ1v) is 8.28. The molecule has 0 radical (unpaired) electrons. The molecule has 0 spiro atoms. The number of nitrogens with zero attached hydrogens (tertiary/aromatic N) is 1. The van der Waals surface area contributed by atoms with Gasteiger partial charge < -0.3 is 5.32 Å². The Bertz CT molecular complexity index is 581. The van der Waals surface area contributed by atoms with E-state index in [-0.39, 0.29) is 23.2 Å². The van der Waals surface area contributed by atoms with Crippen molar-refractivity contribution >= 4 is 46.4 Å². The van der Waals surface area contributed by atoms with E-state index in [1.54, 1.807) is 4.90 Å². The Morgan fingerprint density at radius 1 is 1.33 bits per heavy atom. The van der Waals surface area contributed by atoms with Gasteiger partial charge in [0.15, 0.2) is 5.11 Å². The first kappa shape index (κ1) is 15.1. The molecule has 1 aromatic rings. The fourth-order valence-corrected chi connectivity index (χ4v) is 3.87. The number of nitrogens with one attached hydrogen (secondary N) is 1. The largest absolute Gasteiger partial charge is 0.359 e. The molecule has 1 aromatic carbocycles. The number of carbonyl (C=O) groups is 1. The Morgan fingerprint density at radius 2 is 2.10 bits per heavy atom. The zero-order valence-corrected chi connectivity index (χ0v) is 13.7. The minimum absolute atomic E-state index is 0.0639. The van der Waals surface area contributed by atoms with Crippen LogP contribution in [0.2, 0.25) is 5.02 Å². The minimum atomic E-state index is -0.0876. The molecule has 1 N–H and O–H groups in total. The summed E-state index contributed by atoms with van der Waals surface area (Å²) in [6.45, 7) is 0.403. The summed E-state index contributed by atoms with van der Waals surface area (Å²) in [7, 11) is 0. The van der Waals surface area contributed by atoms with Crippen molar-refractivity contribution in [1.29, 1.82) is 0 Å². The van der Waals surface area contributed by atoms with Crippen LogP contribution in [0.15, 0.2) is 24.3 Å². The van der Waals surface area contributed by atoms with E-state index in [1.807, 2.05) is 24.3 Å². The molecule has 3 nitrogen and oxygen atoms in total. The van der Waals surface area contributed by atoms with Gasteiger partial charge in [0.2, 0.25) is 5.91 Å². The van der Waals surface area contributed by atoms with Gasteiger partial charge in [-0.1, -0.05) is 29.8 Å². The number of halogens is 2. The Hall–Kier alpha value is -0.840. The number of carbonyl (C=O) groups excluding carboxylic acids is 1. The Kier molecular flexibility index (Phi) is 4.38. The van der Waals surface area contributed by atoms with Gasteiger partial charge in [-0.25, -0.2) is 0 Å². The zero-order valence-electron chi connectivity index (χ0n) is 11.4. The van der Waals surface area contributed by atoms with Crippen LogP contribution in [-0.4, -0.2) is 27.3 Å². The average Bonchev–Trinajstić information content (AvgIpc) is 2.46. The smallest absolute Gasteiger partial charge is 0.234 e. The van der Waals surface area contributed by atoms with Crippen molar-refractivity contribution in [3.05, 3.63) is 34.9 Å². The Morgan fingerprint density at radius 3 is 2.86 bits per heavy atom. The highest BCUT2D eigenvalue weighted by atomic mass is 35.5. The molecule has 0 bridgehead atoms. The molecule has 2 aliphatic rings. The van der Waals surface area contributed by atoms with E-state index in [0.717, 1.165) is 18.4 Å². The van der Waals surface area contributed by atoms with Crippen LogP contribution in [0.5, 0.6) is 0 Å². The molecule has 1 saturated carbocycles. The zero-order chi connectivity index (χ0) is 15.0. The van der Waals surface area contributed by atoms with Gasteiger partial charge in [-0.3, -0.25) is 9.69 Å². The van der Waals surface area contributed by atoms with Crippen LogP contribution in [0.1, 0.15) is 24.8 Å². The maximum absolute atomic E-state index is 12.7. The van der Waals surface area contributed by atoms with Crippen LogP contribution >= 0.6 is 35.4 Å². The van der Waals surface area contributed by atoms with E-state index in [0.29, 0.717) is 23.1 Å². The van der Waals surface area contributed by atoms with E-state index in [1.165, 1.54) is 0 Å². The van der Waals surface area contributed by atoms with Gasteiger partial charge in [-0.05, 0) is 43.1 Å². The van der Waals surface area contributed by atoms with Crippen LogP contribution in [0.4, 0.5) is 0 Å². The summed E-state index contributed by atoms with van der Waals surface area (Å²) in [5, 5.41) is 4.51. The van der Waals surface area contributed by atoms with Crippen molar-refractivity contribution < 1.29 is 4.79 Å². The molecule has 1 amide bonds. The third-order valence-corrected chi connectivity index (χ3v) is 5.31. The maximum atomic E-state index is 12.7. The van der Waals surface area contributed by atoms with Crippen molar-refractivity contribution in [2.24, 2.45) is 5.92 Å². The molecule has 1 heterocycles. The van der Waals surface area contributed by atoms with Gasteiger partial charge in [0.05, 0.1) is 12.5 Å². The third-order valence-electron chi connectivity index (χ3n) is 4.21. The standard InChI is InChI=1S/C15H16Cl2N2OS/c16-10-5-6-13-11(7-10)14(20)19(15(21)18-13)8-9-3-1-2-4-12(9)17/h1-4,10-11,13H,5-8H2,(H,18,21). The highest BCUT2D eigenvalue weighted by Gasteiger charge is 2.42. The SMILES string of the molecule is O=C1C2CC(Cl)CCC2NC(=S)N1Cc1ccccc1Cl. The van der Waals surface area contributed by atoms with Crippen molar-refractivity contribution in [2.45, 2.75) is 37.2 Å². The van der Waals surface area contributed by atoms with Crippen LogP contribution in [0, 0.1) is 5.92 Å². The van der Waals surface area contributed by atoms with Gasteiger partial charge in [0.25, 0.3) is 0 Å². The molecule has 1 aliphatic heterocycles. The van der Waals surface area contributed by atoms with E-state index in [2.05, 4.69) is 5.32 Å². The number of benzene rings is 1. The highest BCUT2D eigenvalue weighted by Crippen LogP contribution is 2.33. The topological polar surface area (TPSA) is 32.3 Å². The summed E-state index contributed by atoms with van der Waals surface area (Å²) in [5.41, 5.74) is 0.897. The van der Waals surface area contributed by atoms with E-state index in [4.69, 9.17) is 35.4 Å². The third kappa shape index (κ3) is 3.03. The monoisotopic (exact) mass is 342 g/mol. The fourth-order valence-electron chi connectivity index (χ4n) is 3.05. The van der Waals surface area contributed by atoms with Gasteiger partial charge in [0.1, 0.15) is 0 Å². The Labute approximate surface area is 139 Å². The molecular formula is C15H16Cl2N2OS. The highest BCUT2D eigenvalue weighted by molar-refractivity contribution is 7.80. The van der Waals surface area contributed by atoms with Crippen LogP contribution in [-0.2, 0) is 11.3 Å². The number of thiocarbonyl (C=S) groups is 1. The van der Waals surface area contributed by atoms with E-state index in [9.17, 15) is 4.79 Å². The molecule has 112 valence electrons. The lowest BCUT2D eigenvalue weighted by Gasteiger charge is -2.42. The fraction of sp³-hybridized carbons (Fsp3) is 0.467. The second-order valence-electron chi connectivity index (χ2n) is 5.59. The summed E-state index contributed by atoms with van der Waals surface area (Å²) in [6, 6.07) is 7.64. The summed E-state index contributed by atoms with van der Waals surface area (Å²) in [4.78, 5) is 14.3. The summed E-state index contributed by atoms with van der Waals surface area (Å²) < 4.78 is 0. The predicted molar refractivity (Wildman–Crippen MR) is 88.5 cm³/mol. The summed E-state index contributed by atoms with van der Waals surface area (Å²) in [6.07, 6.45) is 2.53. The number of hydrogen-bond acceptors (Lipinski definition) is 2. The molecular weight excluding hydrogens is 327 g/mol. The van der Waals surface area contributed by atoms with Crippen molar-refractivity contribution in [2.75, 3.05) is 0 Å². The molecule has 3 unspecified atom stereocenters. The lowest BCUT2D eigenvalue weighted by Crippen LogP contribution is -2.61. The van der Waals surface area contributed by atoms with Gasteiger partial charge in [-0.15, -0.1) is 11.6 Å². The Balaban J connectivity index is 1.80. The number of hydrogen-bond donors (Lipinski definition) is 1. The normalized spacial score (nSPS) is 29.0. The van der Waals surface area contributed by atoms with Crippen LogP contribution in [0.25, 0.3) is 0 Å². The van der Waals surface area contributed by atoms with Gasteiger partial charge in [0, 0.05) is 16.4 Å². The lowest BCUT2D eigenvalue weighted by atomic mass is 9.82. The number of fused-ring (bicyclic) bond motifs is 1. The molecule has 1 aliphatic carbocycles. The molecule has 3 atom stereocenters. The van der Waals surface area contributed by atoms with Crippen LogP contribution in [0.3, 0.4) is 0 Å². The van der Waals surface area contributed by atoms with Crippen molar-refractivity contribution in [3.8, 4) is 0 Å². The van der Waals surface area contributed by atoms with Gasteiger partial charge >= 0.3 is 0 Å². The van der Waals surface area contributed by atoms with Gasteiger partial charge in [-0.2, -0.15) is 0 Å².